The van der Waals surface area contributed by atoms with Gasteiger partial charge in [0.2, 0.25) is 0 Å². The van der Waals surface area contributed by atoms with Crippen LogP contribution in [0.5, 0.6) is 0 Å². The van der Waals surface area contributed by atoms with E-state index >= 15 is 0 Å². The second-order valence-corrected chi connectivity index (χ2v) is 7.54. The van der Waals surface area contributed by atoms with Gasteiger partial charge in [0, 0.05) is 11.6 Å². The first-order chi connectivity index (χ1) is 12.6. The van der Waals surface area contributed by atoms with Crippen molar-refractivity contribution in [2.75, 3.05) is 0 Å². The lowest BCUT2D eigenvalue weighted by Crippen LogP contribution is -2.36. The number of imidazole rings is 1. The molecule has 3 aromatic rings. The van der Waals surface area contributed by atoms with E-state index in [0.29, 0.717) is 27.0 Å². The monoisotopic (exact) mass is 387 g/mol. The zero-order chi connectivity index (χ0) is 18.1. The highest BCUT2D eigenvalue weighted by molar-refractivity contribution is 6.39. The molecular weight excluding hydrogens is 369 g/mol. The third-order valence-electron chi connectivity index (χ3n) is 4.88. The van der Waals surface area contributed by atoms with Gasteiger partial charge in [-0.3, -0.25) is 4.79 Å². The minimum absolute atomic E-state index is 0.0364. The molecule has 0 bridgehead atoms. The number of carbonyl (C=O) groups is 1. The predicted molar refractivity (Wildman–Crippen MR) is 106 cm³/mol. The number of amides is 1. The summed E-state index contributed by atoms with van der Waals surface area (Å²) in [6, 6.07) is 11.1. The molecule has 6 heteroatoms. The van der Waals surface area contributed by atoms with Crippen LogP contribution >= 0.6 is 23.2 Å². The molecule has 134 valence electrons. The first kappa shape index (κ1) is 17.4. The number of benzene rings is 2. The van der Waals surface area contributed by atoms with E-state index in [1.807, 2.05) is 12.1 Å². The van der Waals surface area contributed by atoms with Gasteiger partial charge in [0.15, 0.2) is 0 Å². The molecule has 2 N–H and O–H groups in total. The third-order valence-corrected chi connectivity index (χ3v) is 5.51. The van der Waals surface area contributed by atoms with Gasteiger partial charge in [-0.05, 0) is 43.2 Å². The minimum atomic E-state index is -0.0364. The smallest absolute Gasteiger partial charge is 0.251 e. The van der Waals surface area contributed by atoms with Crippen molar-refractivity contribution in [1.29, 1.82) is 0 Å². The van der Waals surface area contributed by atoms with Crippen LogP contribution in [0.4, 0.5) is 0 Å². The van der Waals surface area contributed by atoms with Gasteiger partial charge in [-0.2, -0.15) is 0 Å². The number of nitrogens with zero attached hydrogens (tertiary/aromatic N) is 1. The van der Waals surface area contributed by atoms with Crippen molar-refractivity contribution >= 4 is 40.1 Å². The summed E-state index contributed by atoms with van der Waals surface area (Å²) in [4.78, 5) is 20.4. The van der Waals surface area contributed by atoms with Crippen LogP contribution in [0.15, 0.2) is 36.4 Å². The quantitative estimate of drug-likeness (QED) is 0.614. The molecule has 1 aliphatic rings. The lowest BCUT2D eigenvalue weighted by atomic mass is 9.95. The van der Waals surface area contributed by atoms with Crippen LogP contribution in [-0.4, -0.2) is 21.9 Å². The molecule has 1 aliphatic carbocycles. The van der Waals surface area contributed by atoms with Crippen LogP contribution < -0.4 is 5.32 Å². The predicted octanol–water partition coefficient (Wildman–Crippen LogP) is 5.60. The Balaban J connectivity index is 1.62. The summed E-state index contributed by atoms with van der Waals surface area (Å²) >= 11 is 12.5. The molecule has 0 spiro atoms. The maximum absolute atomic E-state index is 12.6. The van der Waals surface area contributed by atoms with Gasteiger partial charge in [-0.25, -0.2) is 4.98 Å². The van der Waals surface area contributed by atoms with Crippen LogP contribution in [0.2, 0.25) is 10.0 Å². The molecule has 4 nitrogen and oxygen atoms in total. The first-order valence-electron chi connectivity index (χ1n) is 8.87. The van der Waals surface area contributed by atoms with Crippen LogP contribution in [0, 0.1) is 0 Å². The second-order valence-electron chi connectivity index (χ2n) is 6.72. The number of carbonyl (C=O) groups excluding carboxylic acids is 1. The average Bonchev–Trinajstić information content (AvgIpc) is 3.05. The van der Waals surface area contributed by atoms with Crippen molar-refractivity contribution in [1.82, 2.24) is 15.3 Å². The van der Waals surface area contributed by atoms with E-state index in [1.165, 1.54) is 19.3 Å². The van der Waals surface area contributed by atoms with E-state index in [1.54, 1.807) is 24.3 Å². The van der Waals surface area contributed by atoms with E-state index in [9.17, 15) is 4.79 Å². The van der Waals surface area contributed by atoms with Gasteiger partial charge in [-0.1, -0.05) is 48.5 Å². The molecule has 26 heavy (non-hydrogen) atoms. The van der Waals surface area contributed by atoms with Gasteiger partial charge in [0.1, 0.15) is 5.82 Å². The van der Waals surface area contributed by atoms with Crippen molar-refractivity contribution in [3.63, 3.8) is 0 Å². The number of rotatable bonds is 3. The molecular formula is C20H19Cl2N3O. The molecule has 0 saturated heterocycles. The molecule has 1 saturated carbocycles. The normalized spacial score (nSPS) is 15.3. The van der Waals surface area contributed by atoms with Gasteiger partial charge < -0.3 is 10.3 Å². The Kier molecular flexibility index (Phi) is 4.88. The van der Waals surface area contributed by atoms with Crippen LogP contribution in [-0.2, 0) is 0 Å². The van der Waals surface area contributed by atoms with Crippen LogP contribution in [0.25, 0.3) is 22.4 Å². The average molecular weight is 388 g/mol. The zero-order valence-corrected chi connectivity index (χ0v) is 15.7. The number of nitrogens with one attached hydrogen (secondary N) is 2. The highest BCUT2D eigenvalue weighted by Gasteiger charge is 2.18. The second kappa shape index (κ2) is 7.29. The van der Waals surface area contributed by atoms with Gasteiger partial charge in [0.05, 0.1) is 26.6 Å². The number of H-pyrrole nitrogens is 1. The molecule has 2 aromatic carbocycles. The van der Waals surface area contributed by atoms with E-state index < -0.39 is 0 Å². The van der Waals surface area contributed by atoms with E-state index in [4.69, 9.17) is 23.2 Å². The van der Waals surface area contributed by atoms with Crippen LogP contribution in [0.3, 0.4) is 0 Å². The summed E-state index contributed by atoms with van der Waals surface area (Å²) in [5, 5.41) is 4.21. The summed E-state index contributed by atoms with van der Waals surface area (Å²) in [6.45, 7) is 0. The highest BCUT2D eigenvalue weighted by atomic mass is 35.5. The SMILES string of the molecule is O=C(NC1CCCCC1)c1ccc2nc(-c3c(Cl)cccc3Cl)[nH]c2c1. The molecule has 1 heterocycles. The Morgan fingerprint density at radius 3 is 2.54 bits per heavy atom. The molecule has 0 unspecified atom stereocenters. The molecule has 0 radical (unpaired) electrons. The van der Waals surface area contributed by atoms with Crippen molar-refractivity contribution in [2.45, 2.75) is 38.1 Å². The number of aromatic amines is 1. The minimum Gasteiger partial charge on any atom is -0.349 e. The topological polar surface area (TPSA) is 57.8 Å². The van der Waals surface area contributed by atoms with Crippen molar-refractivity contribution in [2.24, 2.45) is 0 Å². The van der Waals surface area contributed by atoms with Gasteiger partial charge >= 0.3 is 0 Å². The first-order valence-corrected chi connectivity index (χ1v) is 9.62. The standard InChI is InChI=1S/C20H19Cl2N3O/c21-14-7-4-8-15(22)18(14)19-24-16-10-9-12(11-17(16)25-19)20(26)23-13-5-2-1-3-6-13/h4,7-11,13H,1-3,5-6H2,(H,23,26)(H,24,25). The summed E-state index contributed by atoms with van der Waals surface area (Å²) in [6.07, 6.45) is 5.76. The molecule has 1 fully saturated rings. The Bertz CT molecular complexity index is 941. The summed E-state index contributed by atoms with van der Waals surface area (Å²) in [5.74, 6) is 0.561. The van der Waals surface area contributed by atoms with Crippen molar-refractivity contribution in [3.05, 3.63) is 52.0 Å². The summed E-state index contributed by atoms with van der Waals surface area (Å²) < 4.78 is 0. The lowest BCUT2D eigenvalue weighted by molar-refractivity contribution is 0.0928. The Labute approximate surface area is 161 Å². The fourth-order valence-corrected chi connectivity index (χ4v) is 4.09. The molecule has 1 aromatic heterocycles. The number of aromatic nitrogens is 2. The fraction of sp³-hybridized carbons (Fsp3) is 0.300. The number of halogens is 2. The molecule has 0 aliphatic heterocycles. The van der Waals surface area contributed by atoms with E-state index in [2.05, 4.69) is 15.3 Å². The molecule has 4 rings (SSSR count). The fourth-order valence-electron chi connectivity index (χ4n) is 3.51. The maximum Gasteiger partial charge on any atom is 0.251 e. The van der Waals surface area contributed by atoms with Crippen molar-refractivity contribution in [3.8, 4) is 11.4 Å². The van der Waals surface area contributed by atoms with E-state index in [0.717, 1.165) is 23.9 Å². The molecule has 0 atom stereocenters. The van der Waals surface area contributed by atoms with E-state index in [-0.39, 0.29) is 11.9 Å². The van der Waals surface area contributed by atoms with Gasteiger partial charge in [0.25, 0.3) is 5.91 Å². The van der Waals surface area contributed by atoms with Crippen LogP contribution in [0.1, 0.15) is 42.5 Å². The highest BCUT2D eigenvalue weighted by Crippen LogP contribution is 2.33. The van der Waals surface area contributed by atoms with Gasteiger partial charge in [-0.15, -0.1) is 0 Å². The largest absolute Gasteiger partial charge is 0.349 e. The summed E-state index contributed by atoms with van der Waals surface area (Å²) in [7, 11) is 0. The van der Waals surface area contributed by atoms with Crippen molar-refractivity contribution < 1.29 is 4.79 Å². The third kappa shape index (κ3) is 3.44. The molecule has 1 amide bonds. The Morgan fingerprint density at radius 2 is 1.81 bits per heavy atom. The lowest BCUT2D eigenvalue weighted by Gasteiger charge is -2.22. The Morgan fingerprint density at radius 1 is 1.08 bits per heavy atom. The maximum atomic E-state index is 12.6. The number of fused-ring (bicyclic) bond motifs is 1. The number of hydrogen-bond acceptors (Lipinski definition) is 2. The number of hydrogen-bond donors (Lipinski definition) is 2. The zero-order valence-electron chi connectivity index (χ0n) is 14.2. The Hall–Kier alpha value is -2.04. The summed E-state index contributed by atoms with van der Waals surface area (Å²) in [5.41, 5.74) is 2.85.